The van der Waals surface area contributed by atoms with Crippen LogP contribution in [0.5, 0.6) is 0 Å². The minimum atomic E-state index is 0.768. The predicted molar refractivity (Wildman–Crippen MR) is 70.3 cm³/mol. The van der Waals surface area contributed by atoms with Crippen LogP contribution in [-0.4, -0.2) is 12.6 Å². The van der Waals surface area contributed by atoms with Crippen LogP contribution in [0.15, 0.2) is 0 Å². The van der Waals surface area contributed by atoms with E-state index in [1.54, 1.807) is 0 Å². The fraction of sp³-hybridized carbons (Fsp3) is 1.00. The van der Waals surface area contributed by atoms with Crippen LogP contribution in [-0.2, 0) is 0 Å². The van der Waals surface area contributed by atoms with Crippen LogP contribution in [0.25, 0.3) is 0 Å². The second-order valence-corrected chi connectivity index (χ2v) is 5.09. The quantitative estimate of drug-likeness (QED) is 0.531. The lowest BCUT2D eigenvalue weighted by molar-refractivity contribution is 0.436. The summed E-state index contributed by atoms with van der Waals surface area (Å²) in [5.74, 6) is 0.868. The second-order valence-electron chi connectivity index (χ2n) is 5.09. The fourth-order valence-corrected chi connectivity index (χ4v) is 1.88. The zero-order chi connectivity index (χ0) is 11.5. The molecule has 0 amide bonds. The molecule has 0 saturated heterocycles. The molecule has 1 atom stereocenters. The maximum Gasteiger partial charge on any atom is 0.00644 e. The zero-order valence-corrected chi connectivity index (χ0v) is 11.3. The molecule has 0 heterocycles. The van der Waals surface area contributed by atoms with Crippen molar-refractivity contribution in [3.63, 3.8) is 0 Å². The van der Waals surface area contributed by atoms with Gasteiger partial charge >= 0.3 is 0 Å². The summed E-state index contributed by atoms with van der Waals surface area (Å²) >= 11 is 0. The van der Waals surface area contributed by atoms with Gasteiger partial charge in [-0.3, -0.25) is 0 Å². The summed E-state index contributed by atoms with van der Waals surface area (Å²) in [4.78, 5) is 0. The van der Waals surface area contributed by atoms with Gasteiger partial charge in [0.1, 0.15) is 0 Å². The Bertz CT molecular complexity index is 121. The number of nitrogens with one attached hydrogen (secondary N) is 1. The van der Waals surface area contributed by atoms with Crippen molar-refractivity contribution in [3.8, 4) is 0 Å². The van der Waals surface area contributed by atoms with Crippen molar-refractivity contribution in [2.24, 2.45) is 5.92 Å². The summed E-state index contributed by atoms with van der Waals surface area (Å²) in [6, 6.07) is 0.768. The van der Waals surface area contributed by atoms with Crippen molar-refractivity contribution in [2.75, 3.05) is 6.54 Å². The molecule has 0 fully saturated rings. The molecule has 15 heavy (non-hydrogen) atoms. The van der Waals surface area contributed by atoms with Gasteiger partial charge in [-0.05, 0) is 31.7 Å². The first-order chi connectivity index (χ1) is 7.20. The van der Waals surface area contributed by atoms with E-state index in [4.69, 9.17) is 0 Å². The summed E-state index contributed by atoms with van der Waals surface area (Å²) in [6.07, 6.45) is 9.45. The van der Waals surface area contributed by atoms with Gasteiger partial charge in [-0.1, -0.05) is 53.4 Å². The lowest BCUT2D eigenvalue weighted by atomic mass is 10.1. The largest absolute Gasteiger partial charge is 0.314 e. The van der Waals surface area contributed by atoms with Crippen molar-refractivity contribution >= 4 is 0 Å². The molecule has 0 aromatic heterocycles. The van der Waals surface area contributed by atoms with Gasteiger partial charge in [0, 0.05) is 6.04 Å². The first-order valence-electron chi connectivity index (χ1n) is 6.94. The Kier molecular flexibility index (Phi) is 10.4. The average molecular weight is 213 g/mol. The summed E-state index contributed by atoms with van der Waals surface area (Å²) in [5, 5.41) is 3.68. The molecule has 0 rings (SSSR count). The second kappa shape index (κ2) is 10.5. The van der Waals surface area contributed by atoms with Gasteiger partial charge in [0.05, 0.1) is 0 Å². The average Bonchev–Trinajstić information content (AvgIpc) is 2.21. The molecule has 0 aliphatic carbocycles. The van der Waals surface area contributed by atoms with Crippen molar-refractivity contribution < 1.29 is 0 Å². The third-order valence-corrected chi connectivity index (χ3v) is 3.04. The van der Waals surface area contributed by atoms with Crippen molar-refractivity contribution in [2.45, 2.75) is 78.7 Å². The third kappa shape index (κ3) is 10.2. The Morgan fingerprint density at radius 2 is 1.67 bits per heavy atom. The molecule has 1 heteroatoms. The van der Waals surface area contributed by atoms with Gasteiger partial charge < -0.3 is 5.32 Å². The number of rotatable bonds is 10. The van der Waals surface area contributed by atoms with Crippen LogP contribution in [0.2, 0.25) is 0 Å². The van der Waals surface area contributed by atoms with Crippen LogP contribution in [0.4, 0.5) is 0 Å². The Labute approximate surface area is 97.0 Å². The maximum atomic E-state index is 3.68. The summed E-state index contributed by atoms with van der Waals surface area (Å²) in [7, 11) is 0. The molecule has 1 N–H and O–H groups in total. The summed E-state index contributed by atoms with van der Waals surface area (Å²) in [5.41, 5.74) is 0. The standard InChI is InChI=1S/C14H31N/c1-5-7-11-14(6-2)15-12-9-8-10-13(3)4/h13-15H,5-12H2,1-4H3. The fourth-order valence-electron chi connectivity index (χ4n) is 1.88. The molecule has 1 unspecified atom stereocenters. The van der Waals surface area contributed by atoms with Gasteiger partial charge in [-0.2, -0.15) is 0 Å². The Morgan fingerprint density at radius 3 is 2.20 bits per heavy atom. The predicted octanol–water partition coefficient (Wildman–Crippen LogP) is 4.37. The highest BCUT2D eigenvalue weighted by atomic mass is 14.9. The van der Waals surface area contributed by atoms with Gasteiger partial charge in [0.2, 0.25) is 0 Å². The normalized spacial score (nSPS) is 13.4. The molecule has 1 nitrogen and oxygen atoms in total. The highest BCUT2D eigenvalue weighted by Gasteiger charge is 2.03. The van der Waals surface area contributed by atoms with Crippen LogP contribution >= 0.6 is 0 Å². The third-order valence-electron chi connectivity index (χ3n) is 3.04. The molecule has 0 aromatic rings. The van der Waals surface area contributed by atoms with E-state index < -0.39 is 0 Å². The van der Waals surface area contributed by atoms with E-state index in [1.165, 1.54) is 51.5 Å². The zero-order valence-electron chi connectivity index (χ0n) is 11.3. The van der Waals surface area contributed by atoms with Gasteiger partial charge in [0.15, 0.2) is 0 Å². The van der Waals surface area contributed by atoms with Crippen LogP contribution in [0, 0.1) is 5.92 Å². The highest BCUT2D eigenvalue weighted by molar-refractivity contribution is 4.64. The van der Waals surface area contributed by atoms with E-state index in [9.17, 15) is 0 Å². The van der Waals surface area contributed by atoms with Crippen LogP contribution in [0.3, 0.4) is 0 Å². The van der Waals surface area contributed by atoms with E-state index in [2.05, 4.69) is 33.0 Å². The topological polar surface area (TPSA) is 12.0 Å². The number of hydrogen-bond acceptors (Lipinski definition) is 1. The van der Waals surface area contributed by atoms with E-state index in [0.29, 0.717) is 0 Å². The Morgan fingerprint density at radius 1 is 0.933 bits per heavy atom. The molecule has 0 spiro atoms. The van der Waals surface area contributed by atoms with E-state index in [1.807, 2.05) is 0 Å². The Hall–Kier alpha value is -0.0400. The molecule has 0 aromatic carbocycles. The van der Waals surface area contributed by atoms with Gasteiger partial charge in [-0.25, -0.2) is 0 Å². The van der Waals surface area contributed by atoms with Crippen molar-refractivity contribution in [1.29, 1.82) is 0 Å². The van der Waals surface area contributed by atoms with E-state index in [0.717, 1.165) is 12.0 Å². The van der Waals surface area contributed by atoms with Crippen molar-refractivity contribution in [3.05, 3.63) is 0 Å². The molecular formula is C14H31N. The lowest BCUT2D eigenvalue weighted by Crippen LogP contribution is -2.29. The summed E-state index contributed by atoms with van der Waals surface area (Å²) < 4.78 is 0. The molecule has 0 bridgehead atoms. The first-order valence-corrected chi connectivity index (χ1v) is 6.94. The smallest absolute Gasteiger partial charge is 0.00644 e. The summed E-state index contributed by atoms with van der Waals surface area (Å²) in [6.45, 7) is 10.4. The molecule has 0 radical (unpaired) electrons. The molecule has 0 saturated carbocycles. The minimum Gasteiger partial charge on any atom is -0.314 e. The van der Waals surface area contributed by atoms with Crippen LogP contribution in [0.1, 0.15) is 72.6 Å². The number of unbranched alkanes of at least 4 members (excludes halogenated alkanes) is 2. The molecule has 92 valence electrons. The molecular weight excluding hydrogens is 182 g/mol. The highest BCUT2D eigenvalue weighted by Crippen LogP contribution is 2.07. The Balaban J connectivity index is 3.30. The van der Waals surface area contributed by atoms with E-state index in [-0.39, 0.29) is 0 Å². The maximum absolute atomic E-state index is 3.68. The monoisotopic (exact) mass is 213 g/mol. The van der Waals surface area contributed by atoms with Gasteiger partial charge in [0.25, 0.3) is 0 Å². The van der Waals surface area contributed by atoms with Crippen molar-refractivity contribution in [1.82, 2.24) is 5.32 Å². The molecule has 0 aliphatic rings. The SMILES string of the molecule is CCCCC(CC)NCCCCC(C)C. The van der Waals surface area contributed by atoms with Gasteiger partial charge in [-0.15, -0.1) is 0 Å². The van der Waals surface area contributed by atoms with Crippen LogP contribution < -0.4 is 5.32 Å². The first kappa shape index (κ1) is 15.0. The van der Waals surface area contributed by atoms with E-state index >= 15 is 0 Å². The minimum absolute atomic E-state index is 0.768. The number of hydrogen-bond donors (Lipinski definition) is 1. The molecule has 0 aliphatic heterocycles. The lowest BCUT2D eigenvalue weighted by Gasteiger charge is -2.16.